The van der Waals surface area contributed by atoms with Crippen LogP contribution in [0.25, 0.3) is 0 Å². The van der Waals surface area contributed by atoms with E-state index in [0.29, 0.717) is 19.4 Å². The molecule has 0 bridgehead atoms. The van der Waals surface area contributed by atoms with E-state index in [1.165, 1.54) is 289 Å². The molecular formula is C76H143NO10. The zero-order valence-corrected chi connectivity index (χ0v) is 57.0. The number of hydrogen-bond acceptors (Lipinski definition) is 10. The Hall–Kier alpha value is -2.12. The Labute approximate surface area is 536 Å². The van der Waals surface area contributed by atoms with Crippen LogP contribution in [0.2, 0.25) is 0 Å². The van der Waals surface area contributed by atoms with Crippen molar-refractivity contribution < 1.29 is 49.3 Å². The summed E-state index contributed by atoms with van der Waals surface area (Å²) in [7, 11) is 0. The molecule has 7 atom stereocenters. The Balaban J connectivity index is 1.89. The van der Waals surface area contributed by atoms with Crippen molar-refractivity contribution in [2.45, 2.75) is 416 Å². The second kappa shape index (κ2) is 65.4. The van der Waals surface area contributed by atoms with Crippen molar-refractivity contribution in [2.24, 2.45) is 0 Å². The Bertz CT molecular complexity index is 1540. The summed E-state index contributed by atoms with van der Waals surface area (Å²) in [5.41, 5.74) is 0. The fraction of sp³-hybridized carbons (Fsp3) is 0.895. The molecule has 1 rings (SSSR count). The third-order valence-corrected chi connectivity index (χ3v) is 18.0. The van der Waals surface area contributed by atoms with Crippen LogP contribution in [-0.2, 0) is 23.8 Å². The van der Waals surface area contributed by atoms with Gasteiger partial charge in [-0.2, -0.15) is 0 Å². The first-order valence-electron chi connectivity index (χ1n) is 37.8. The van der Waals surface area contributed by atoms with E-state index in [9.17, 15) is 35.1 Å². The van der Waals surface area contributed by atoms with Gasteiger partial charge in [-0.25, -0.2) is 0 Å². The van der Waals surface area contributed by atoms with Gasteiger partial charge >= 0.3 is 5.97 Å². The van der Waals surface area contributed by atoms with Crippen molar-refractivity contribution in [1.29, 1.82) is 0 Å². The van der Waals surface area contributed by atoms with Gasteiger partial charge in [0.2, 0.25) is 5.91 Å². The van der Waals surface area contributed by atoms with E-state index in [1.54, 1.807) is 6.08 Å². The number of nitrogens with one attached hydrogen (secondary N) is 1. The Morgan fingerprint density at radius 3 is 1.16 bits per heavy atom. The average Bonchev–Trinajstić information content (AvgIpc) is 3.48. The molecule has 7 unspecified atom stereocenters. The van der Waals surface area contributed by atoms with Gasteiger partial charge in [-0.15, -0.1) is 0 Å². The molecule has 11 heteroatoms. The molecule has 0 aromatic rings. The van der Waals surface area contributed by atoms with Gasteiger partial charge in [-0.1, -0.05) is 333 Å². The van der Waals surface area contributed by atoms with E-state index in [-0.39, 0.29) is 18.5 Å². The number of esters is 1. The predicted octanol–water partition coefficient (Wildman–Crippen LogP) is 19.7. The van der Waals surface area contributed by atoms with Gasteiger partial charge in [-0.3, -0.25) is 9.59 Å². The minimum absolute atomic E-state index is 0.0114. The minimum Gasteiger partial charge on any atom is -0.466 e. The van der Waals surface area contributed by atoms with Crippen LogP contribution in [0.4, 0.5) is 0 Å². The Kier molecular flexibility index (Phi) is 62.3. The molecule has 0 radical (unpaired) electrons. The maximum absolute atomic E-state index is 13.0. The third kappa shape index (κ3) is 54.2. The third-order valence-electron chi connectivity index (χ3n) is 18.0. The first kappa shape index (κ1) is 82.9. The number of carbonyl (C=O) groups is 2. The van der Waals surface area contributed by atoms with Crippen LogP contribution in [-0.4, -0.2) is 100 Å². The fourth-order valence-electron chi connectivity index (χ4n) is 12.1. The number of carbonyl (C=O) groups excluding carboxylic acids is 2. The zero-order chi connectivity index (χ0) is 63.0. The highest BCUT2D eigenvalue weighted by molar-refractivity contribution is 5.76. The van der Waals surface area contributed by atoms with Crippen molar-refractivity contribution in [1.82, 2.24) is 5.32 Å². The number of aliphatic hydroxyl groups is 5. The molecule has 1 aliphatic heterocycles. The summed E-state index contributed by atoms with van der Waals surface area (Å²) in [5, 5.41) is 54.3. The van der Waals surface area contributed by atoms with E-state index >= 15 is 0 Å². The summed E-state index contributed by atoms with van der Waals surface area (Å²) in [6.07, 6.45) is 74.6. The molecule has 1 saturated heterocycles. The Morgan fingerprint density at radius 1 is 0.425 bits per heavy atom. The fourth-order valence-corrected chi connectivity index (χ4v) is 12.1. The van der Waals surface area contributed by atoms with Gasteiger partial charge in [0, 0.05) is 12.8 Å². The smallest absolute Gasteiger partial charge is 0.305 e. The van der Waals surface area contributed by atoms with Gasteiger partial charge in [0.25, 0.3) is 0 Å². The molecule has 0 spiro atoms. The van der Waals surface area contributed by atoms with Crippen LogP contribution in [0.5, 0.6) is 0 Å². The molecule has 1 fully saturated rings. The molecule has 512 valence electrons. The average molecular weight is 1230 g/mol. The van der Waals surface area contributed by atoms with E-state index in [2.05, 4.69) is 43.5 Å². The highest BCUT2D eigenvalue weighted by Crippen LogP contribution is 2.24. The van der Waals surface area contributed by atoms with Crippen LogP contribution in [0, 0.1) is 0 Å². The van der Waals surface area contributed by atoms with Crippen molar-refractivity contribution >= 4 is 11.9 Å². The van der Waals surface area contributed by atoms with E-state index < -0.39 is 49.5 Å². The second-order valence-electron chi connectivity index (χ2n) is 26.4. The Morgan fingerprint density at radius 2 is 0.770 bits per heavy atom. The number of aliphatic hydroxyl groups excluding tert-OH is 5. The van der Waals surface area contributed by atoms with Crippen LogP contribution in [0.1, 0.15) is 373 Å². The number of unbranched alkanes of at least 4 members (excludes halogenated alkanes) is 49. The lowest BCUT2D eigenvalue weighted by molar-refractivity contribution is -0.302. The molecule has 0 aliphatic carbocycles. The van der Waals surface area contributed by atoms with Crippen LogP contribution in [0.15, 0.2) is 36.5 Å². The topological polar surface area (TPSA) is 175 Å². The highest BCUT2D eigenvalue weighted by atomic mass is 16.7. The van der Waals surface area contributed by atoms with E-state index in [1.807, 2.05) is 6.08 Å². The van der Waals surface area contributed by atoms with E-state index in [0.717, 1.165) is 57.8 Å². The summed E-state index contributed by atoms with van der Waals surface area (Å²) in [5.74, 6) is -0.169. The summed E-state index contributed by atoms with van der Waals surface area (Å²) in [6.45, 7) is 4.36. The second-order valence-corrected chi connectivity index (χ2v) is 26.4. The monoisotopic (exact) mass is 1230 g/mol. The maximum Gasteiger partial charge on any atom is 0.305 e. The summed E-state index contributed by atoms with van der Waals surface area (Å²) in [4.78, 5) is 25.1. The molecule has 0 saturated carbocycles. The molecule has 87 heavy (non-hydrogen) atoms. The lowest BCUT2D eigenvalue weighted by atomic mass is 9.99. The van der Waals surface area contributed by atoms with Crippen LogP contribution in [0.3, 0.4) is 0 Å². The number of amides is 1. The van der Waals surface area contributed by atoms with E-state index in [4.69, 9.17) is 14.2 Å². The lowest BCUT2D eigenvalue weighted by Crippen LogP contribution is -2.60. The lowest BCUT2D eigenvalue weighted by Gasteiger charge is -2.40. The summed E-state index contributed by atoms with van der Waals surface area (Å²) >= 11 is 0. The molecule has 0 aromatic heterocycles. The molecule has 0 aromatic carbocycles. The van der Waals surface area contributed by atoms with Crippen molar-refractivity contribution in [3.8, 4) is 0 Å². The molecule has 1 aliphatic rings. The van der Waals surface area contributed by atoms with Crippen LogP contribution >= 0.6 is 0 Å². The number of rotatable bonds is 67. The largest absolute Gasteiger partial charge is 0.466 e. The first-order valence-corrected chi connectivity index (χ1v) is 37.8. The molecule has 6 N–H and O–H groups in total. The summed E-state index contributed by atoms with van der Waals surface area (Å²) in [6, 6.07) is -0.807. The molecular weight excluding hydrogens is 1090 g/mol. The zero-order valence-electron chi connectivity index (χ0n) is 57.0. The first-order chi connectivity index (χ1) is 42.7. The maximum atomic E-state index is 13.0. The van der Waals surface area contributed by atoms with Crippen LogP contribution < -0.4 is 5.32 Å². The predicted molar refractivity (Wildman–Crippen MR) is 366 cm³/mol. The van der Waals surface area contributed by atoms with Gasteiger partial charge in [-0.05, 0) is 64.2 Å². The summed E-state index contributed by atoms with van der Waals surface area (Å²) < 4.78 is 16.7. The number of ether oxygens (including phenoxy) is 3. The highest BCUT2D eigenvalue weighted by Gasteiger charge is 2.44. The van der Waals surface area contributed by atoms with Gasteiger partial charge in [0.15, 0.2) is 6.29 Å². The van der Waals surface area contributed by atoms with Crippen molar-refractivity contribution in [3.05, 3.63) is 36.5 Å². The molecule has 1 heterocycles. The van der Waals surface area contributed by atoms with Crippen molar-refractivity contribution in [3.63, 3.8) is 0 Å². The number of hydrogen-bond donors (Lipinski definition) is 6. The SMILES string of the molecule is CCCCCCCCC/C=C/C(O)C(COC1OC(CO)C(O)C(O)C1O)NC(=O)CCCCCCCCCCCCCCCCCCC/C=C\C/C=C\CCCCCCCCCCCOC(=O)CCCCCCCCCCCCCCCCCCC. The quantitative estimate of drug-likeness (QED) is 0.0195. The molecule has 1 amide bonds. The van der Waals surface area contributed by atoms with Crippen molar-refractivity contribution in [2.75, 3.05) is 19.8 Å². The minimum atomic E-state index is -1.57. The van der Waals surface area contributed by atoms with Gasteiger partial charge in [0.1, 0.15) is 24.4 Å². The number of allylic oxidation sites excluding steroid dienone is 5. The van der Waals surface area contributed by atoms with Gasteiger partial charge in [0.05, 0.1) is 32.0 Å². The standard InChI is InChI=1S/C76H143NO10/c1-3-5-7-9-11-13-14-15-16-34-38-41-44-48-52-56-60-64-72(81)85-65-61-57-53-49-45-42-39-36-33-31-29-27-25-23-21-19-17-18-20-22-24-26-28-30-32-35-37-40-43-47-51-55-59-63-71(80)77-68(69(79)62-58-54-50-46-12-10-8-6-4-2)67-86-76-75(84)74(83)73(82)70(66-78)87-76/h21,23,27,29,58,62,68-70,73-76,78-79,82-84H,3-20,22,24-26,28,30-57,59-61,63-67H2,1-2H3,(H,77,80)/b23-21-,29-27-,62-58+. The molecule has 11 nitrogen and oxygen atoms in total. The van der Waals surface area contributed by atoms with Gasteiger partial charge < -0.3 is 45.1 Å². The normalized spacial score (nSPS) is 18.0.